The molecule has 0 amide bonds. The van der Waals surface area contributed by atoms with Gasteiger partial charge in [-0.3, -0.25) is 4.98 Å². The van der Waals surface area contributed by atoms with Crippen LogP contribution in [0.25, 0.3) is 33.1 Å². The monoisotopic (exact) mass is 368 g/mol. The first-order chi connectivity index (χ1) is 11.7. The summed E-state index contributed by atoms with van der Waals surface area (Å²) in [5.41, 5.74) is 6.09. The summed E-state index contributed by atoms with van der Waals surface area (Å²) in [5, 5.41) is 2.95. The van der Waals surface area contributed by atoms with Crippen LogP contribution in [-0.4, -0.2) is 9.97 Å². The molecule has 0 saturated carbocycles. The molecule has 1 aliphatic heterocycles. The molecule has 4 aromatic rings. The summed E-state index contributed by atoms with van der Waals surface area (Å²) >= 11 is 6.18. The van der Waals surface area contributed by atoms with Crippen molar-refractivity contribution in [1.82, 2.24) is 9.97 Å². The van der Waals surface area contributed by atoms with E-state index in [9.17, 15) is 0 Å². The number of nitrogens with zero attached hydrogens (tertiary/aromatic N) is 2. The molecular formula is C20H14Cl2N2O. The van der Waals surface area contributed by atoms with E-state index < -0.39 is 0 Å². The Balaban J connectivity index is 0.00000157. The number of benzene rings is 2. The number of halogens is 2. The molecule has 0 bridgehead atoms. The lowest BCUT2D eigenvalue weighted by molar-refractivity contribution is 0.301. The fourth-order valence-corrected chi connectivity index (χ4v) is 3.66. The minimum absolute atomic E-state index is 0. The largest absolute Gasteiger partial charge is 0.488 e. The predicted molar refractivity (Wildman–Crippen MR) is 104 cm³/mol. The molecule has 0 N–H and O–H groups in total. The van der Waals surface area contributed by atoms with E-state index in [1.807, 2.05) is 42.6 Å². The molecule has 1 aliphatic rings. The molecular weight excluding hydrogens is 355 g/mol. The van der Waals surface area contributed by atoms with Crippen molar-refractivity contribution in [2.75, 3.05) is 0 Å². The number of ether oxygens (including phenoxy) is 1. The van der Waals surface area contributed by atoms with Crippen molar-refractivity contribution in [2.45, 2.75) is 13.5 Å². The number of rotatable bonds is 0. The van der Waals surface area contributed by atoms with E-state index in [2.05, 4.69) is 18.0 Å². The number of aromatic nitrogens is 2. The van der Waals surface area contributed by atoms with Gasteiger partial charge < -0.3 is 4.74 Å². The Bertz CT molecular complexity index is 1140. The zero-order valence-corrected chi connectivity index (χ0v) is 15.0. The lowest BCUT2D eigenvalue weighted by atomic mass is 9.95. The van der Waals surface area contributed by atoms with Crippen molar-refractivity contribution < 1.29 is 4.74 Å². The molecule has 0 unspecified atom stereocenters. The van der Waals surface area contributed by atoms with Crippen LogP contribution in [0.5, 0.6) is 5.75 Å². The van der Waals surface area contributed by atoms with E-state index in [4.69, 9.17) is 21.3 Å². The summed E-state index contributed by atoms with van der Waals surface area (Å²) < 4.78 is 5.93. The fraction of sp³-hybridized carbons (Fsp3) is 0.100. The topological polar surface area (TPSA) is 35.0 Å². The Kier molecular flexibility index (Phi) is 3.78. The fourth-order valence-electron chi connectivity index (χ4n) is 3.49. The molecule has 5 heteroatoms. The van der Waals surface area contributed by atoms with Gasteiger partial charge in [0.1, 0.15) is 12.4 Å². The first kappa shape index (κ1) is 16.1. The van der Waals surface area contributed by atoms with Gasteiger partial charge >= 0.3 is 0 Å². The van der Waals surface area contributed by atoms with Crippen LogP contribution in [0.3, 0.4) is 0 Å². The number of hydrogen-bond donors (Lipinski definition) is 0. The van der Waals surface area contributed by atoms with Crippen LogP contribution >= 0.6 is 24.0 Å². The number of pyridine rings is 2. The molecule has 25 heavy (non-hydrogen) atoms. The zero-order valence-electron chi connectivity index (χ0n) is 13.4. The second-order valence-corrected chi connectivity index (χ2v) is 6.47. The minimum atomic E-state index is 0. The van der Waals surface area contributed by atoms with Crippen molar-refractivity contribution in [2.24, 2.45) is 0 Å². The summed E-state index contributed by atoms with van der Waals surface area (Å²) in [6.45, 7) is 2.66. The van der Waals surface area contributed by atoms with Crippen molar-refractivity contribution in [3.05, 3.63) is 64.8 Å². The molecule has 3 nitrogen and oxygen atoms in total. The first-order valence-electron chi connectivity index (χ1n) is 7.82. The SMILES string of the molecule is Cc1c2c(nc3cnc4ccccc4c13)-c1cc(Cl)ccc1OC2.Cl. The van der Waals surface area contributed by atoms with Gasteiger partial charge in [-0.1, -0.05) is 29.8 Å². The maximum absolute atomic E-state index is 6.18. The second kappa shape index (κ2) is 5.87. The number of para-hydroxylation sites is 1. The van der Waals surface area contributed by atoms with Gasteiger partial charge in [0.05, 0.1) is 22.9 Å². The van der Waals surface area contributed by atoms with E-state index in [-0.39, 0.29) is 12.4 Å². The van der Waals surface area contributed by atoms with E-state index in [0.717, 1.165) is 44.4 Å². The van der Waals surface area contributed by atoms with Gasteiger partial charge in [0, 0.05) is 26.9 Å². The van der Waals surface area contributed by atoms with Crippen LogP contribution < -0.4 is 4.74 Å². The van der Waals surface area contributed by atoms with Gasteiger partial charge in [0.15, 0.2) is 0 Å². The van der Waals surface area contributed by atoms with Gasteiger partial charge in [-0.25, -0.2) is 4.98 Å². The van der Waals surface area contributed by atoms with E-state index in [0.29, 0.717) is 11.6 Å². The zero-order chi connectivity index (χ0) is 16.3. The Morgan fingerprint density at radius 1 is 1.08 bits per heavy atom. The van der Waals surface area contributed by atoms with Crippen LogP contribution in [0.15, 0.2) is 48.7 Å². The highest BCUT2D eigenvalue weighted by atomic mass is 35.5. The molecule has 5 rings (SSSR count). The molecule has 0 saturated heterocycles. The molecule has 0 spiro atoms. The molecule has 0 radical (unpaired) electrons. The van der Waals surface area contributed by atoms with Crippen LogP contribution in [0.2, 0.25) is 5.02 Å². The molecule has 2 aromatic heterocycles. The maximum atomic E-state index is 6.18. The lowest BCUT2D eigenvalue weighted by Crippen LogP contribution is -2.10. The minimum Gasteiger partial charge on any atom is -0.488 e. The molecule has 0 atom stereocenters. The van der Waals surface area contributed by atoms with Crippen LogP contribution in [0.1, 0.15) is 11.1 Å². The van der Waals surface area contributed by atoms with E-state index in [1.54, 1.807) is 0 Å². The van der Waals surface area contributed by atoms with Gasteiger partial charge in [-0.05, 0) is 36.8 Å². The van der Waals surface area contributed by atoms with Gasteiger partial charge in [-0.2, -0.15) is 0 Å². The summed E-state index contributed by atoms with van der Waals surface area (Å²) in [6, 6.07) is 13.8. The highest BCUT2D eigenvalue weighted by molar-refractivity contribution is 6.31. The average Bonchev–Trinajstić information content (AvgIpc) is 2.61. The lowest BCUT2D eigenvalue weighted by Gasteiger charge is -2.23. The average molecular weight is 369 g/mol. The maximum Gasteiger partial charge on any atom is 0.129 e. The van der Waals surface area contributed by atoms with Crippen LogP contribution in [0.4, 0.5) is 0 Å². The standard InChI is InChI=1S/C20H13ClN2O.ClH/c1-11-15-10-24-18-7-6-12(21)8-14(18)20(15)23-17-9-22-16-5-3-2-4-13(16)19(11)17;/h2-9H,10H2,1H3;1H. The summed E-state index contributed by atoms with van der Waals surface area (Å²) in [5.74, 6) is 0.826. The Morgan fingerprint density at radius 3 is 2.80 bits per heavy atom. The Hall–Kier alpha value is -2.36. The highest BCUT2D eigenvalue weighted by Crippen LogP contribution is 2.41. The molecule has 2 aromatic carbocycles. The normalized spacial score (nSPS) is 12.2. The van der Waals surface area contributed by atoms with E-state index in [1.165, 1.54) is 5.56 Å². The molecule has 0 aliphatic carbocycles. The summed E-state index contributed by atoms with van der Waals surface area (Å²) in [4.78, 5) is 9.46. The van der Waals surface area contributed by atoms with Gasteiger partial charge in [-0.15, -0.1) is 12.4 Å². The van der Waals surface area contributed by atoms with Gasteiger partial charge in [0.25, 0.3) is 0 Å². The molecule has 3 heterocycles. The third-order valence-electron chi connectivity index (χ3n) is 4.67. The summed E-state index contributed by atoms with van der Waals surface area (Å²) in [7, 11) is 0. The number of fused-ring (bicyclic) bond motifs is 6. The van der Waals surface area contributed by atoms with Crippen molar-refractivity contribution in [1.29, 1.82) is 0 Å². The number of aryl methyl sites for hydroxylation is 1. The van der Waals surface area contributed by atoms with Gasteiger partial charge in [0.2, 0.25) is 0 Å². The third-order valence-corrected chi connectivity index (χ3v) is 4.91. The van der Waals surface area contributed by atoms with Crippen molar-refractivity contribution in [3.63, 3.8) is 0 Å². The quantitative estimate of drug-likeness (QED) is 0.372. The third kappa shape index (κ3) is 2.35. The first-order valence-corrected chi connectivity index (χ1v) is 8.20. The van der Waals surface area contributed by atoms with E-state index >= 15 is 0 Å². The second-order valence-electron chi connectivity index (χ2n) is 6.03. The molecule has 0 fully saturated rings. The smallest absolute Gasteiger partial charge is 0.129 e. The van der Waals surface area contributed by atoms with Crippen molar-refractivity contribution in [3.8, 4) is 17.0 Å². The van der Waals surface area contributed by atoms with Crippen LogP contribution in [-0.2, 0) is 6.61 Å². The predicted octanol–water partition coefficient (Wildman–Crippen LogP) is 5.73. The highest BCUT2D eigenvalue weighted by Gasteiger charge is 2.23. The van der Waals surface area contributed by atoms with Crippen molar-refractivity contribution >= 4 is 45.8 Å². The number of hydrogen-bond acceptors (Lipinski definition) is 3. The Morgan fingerprint density at radius 2 is 1.92 bits per heavy atom. The molecule has 124 valence electrons. The summed E-state index contributed by atoms with van der Waals surface area (Å²) in [6.07, 6.45) is 1.85. The van der Waals surface area contributed by atoms with Crippen LogP contribution in [0, 0.1) is 6.92 Å². The Labute approximate surface area is 156 Å².